The van der Waals surface area contributed by atoms with Crippen molar-refractivity contribution in [3.63, 3.8) is 0 Å². The van der Waals surface area contributed by atoms with Crippen LogP contribution in [0.2, 0.25) is 5.02 Å². The van der Waals surface area contributed by atoms with Crippen molar-refractivity contribution in [2.75, 3.05) is 12.0 Å². The number of hydrogen-bond acceptors (Lipinski definition) is 4. The molecule has 18 heavy (non-hydrogen) atoms. The summed E-state index contributed by atoms with van der Waals surface area (Å²) in [4.78, 5) is 0. The molecule has 0 saturated heterocycles. The van der Waals surface area contributed by atoms with E-state index < -0.39 is 0 Å². The van der Waals surface area contributed by atoms with Crippen molar-refractivity contribution in [1.29, 1.82) is 0 Å². The quantitative estimate of drug-likeness (QED) is 0.829. The van der Waals surface area contributed by atoms with Gasteiger partial charge in [0.2, 0.25) is 4.77 Å². The van der Waals surface area contributed by atoms with Gasteiger partial charge in [-0.2, -0.15) is 5.10 Å². The van der Waals surface area contributed by atoms with E-state index in [0.717, 1.165) is 5.56 Å². The number of nitrogens with zero attached hydrogens (tertiary/aromatic N) is 2. The normalized spacial score (nSPS) is 10.3. The second kappa shape index (κ2) is 5.88. The summed E-state index contributed by atoms with van der Waals surface area (Å²) in [7, 11) is 0. The topological polar surface area (TPSA) is 54.9 Å². The Hall–Kier alpha value is -1.53. The number of nitrogens with one attached hydrogen (secondary N) is 2. The predicted octanol–water partition coefficient (Wildman–Crippen LogP) is 2.74. The molecule has 0 radical (unpaired) electrons. The summed E-state index contributed by atoms with van der Waals surface area (Å²) in [6.45, 7) is 3.12. The standard InChI is InChI=1S/C11H13ClN4OS/c1-2-17-10-4-3-8(5-9(10)12)6-14-16-7-13-15-11(16)18/h3-5,7,14H,2,6H2,1H3,(H,15,18). The number of rotatable bonds is 5. The Morgan fingerprint density at radius 3 is 3.00 bits per heavy atom. The van der Waals surface area contributed by atoms with Crippen LogP contribution in [0.4, 0.5) is 0 Å². The average Bonchev–Trinajstić information content (AvgIpc) is 2.76. The molecular weight excluding hydrogens is 272 g/mol. The van der Waals surface area contributed by atoms with Crippen molar-refractivity contribution in [2.45, 2.75) is 13.5 Å². The molecule has 1 aromatic carbocycles. The van der Waals surface area contributed by atoms with Gasteiger partial charge in [0.15, 0.2) is 0 Å². The molecule has 0 bridgehead atoms. The van der Waals surface area contributed by atoms with E-state index in [2.05, 4.69) is 15.6 Å². The van der Waals surface area contributed by atoms with Gasteiger partial charge in [-0.15, -0.1) is 0 Å². The number of ether oxygens (including phenoxy) is 1. The third-order valence-electron chi connectivity index (χ3n) is 2.30. The molecule has 1 aromatic heterocycles. The molecule has 0 spiro atoms. The largest absolute Gasteiger partial charge is 0.492 e. The van der Waals surface area contributed by atoms with Crippen LogP contribution in [0.5, 0.6) is 5.75 Å². The van der Waals surface area contributed by atoms with Gasteiger partial charge >= 0.3 is 0 Å². The second-order valence-corrected chi connectivity index (χ2v) is 4.36. The van der Waals surface area contributed by atoms with Gasteiger partial charge in [0.1, 0.15) is 12.1 Å². The van der Waals surface area contributed by atoms with Crippen LogP contribution < -0.4 is 10.2 Å². The van der Waals surface area contributed by atoms with Crippen LogP contribution in [0.25, 0.3) is 0 Å². The van der Waals surface area contributed by atoms with E-state index in [1.54, 1.807) is 11.0 Å². The van der Waals surface area contributed by atoms with E-state index in [1.807, 2.05) is 25.1 Å². The zero-order valence-corrected chi connectivity index (χ0v) is 11.4. The van der Waals surface area contributed by atoms with E-state index in [-0.39, 0.29) is 0 Å². The second-order valence-electron chi connectivity index (χ2n) is 3.56. The van der Waals surface area contributed by atoms with Gasteiger partial charge in [-0.1, -0.05) is 17.7 Å². The number of H-pyrrole nitrogens is 1. The summed E-state index contributed by atoms with van der Waals surface area (Å²) in [5, 5.41) is 7.08. The Bertz CT molecular complexity index is 580. The maximum atomic E-state index is 6.10. The number of aromatic amines is 1. The molecule has 2 rings (SSSR count). The Morgan fingerprint density at radius 2 is 2.39 bits per heavy atom. The lowest BCUT2D eigenvalue weighted by molar-refractivity contribution is 0.340. The van der Waals surface area contributed by atoms with Gasteiger partial charge in [0, 0.05) is 0 Å². The smallest absolute Gasteiger partial charge is 0.214 e. The van der Waals surface area contributed by atoms with Crippen LogP contribution >= 0.6 is 23.8 Å². The SMILES string of the molecule is CCOc1ccc(CNn2cn[nH]c2=S)cc1Cl. The molecule has 0 unspecified atom stereocenters. The van der Waals surface area contributed by atoms with Gasteiger partial charge < -0.3 is 10.2 Å². The summed E-state index contributed by atoms with van der Waals surface area (Å²) in [5.41, 5.74) is 4.14. The van der Waals surface area contributed by atoms with Crippen molar-refractivity contribution in [1.82, 2.24) is 14.9 Å². The third kappa shape index (κ3) is 3.02. The molecule has 0 amide bonds. The molecule has 2 aromatic rings. The van der Waals surface area contributed by atoms with E-state index >= 15 is 0 Å². The first-order valence-corrected chi connectivity index (χ1v) is 6.26. The van der Waals surface area contributed by atoms with Crippen LogP contribution in [0.1, 0.15) is 12.5 Å². The van der Waals surface area contributed by atoms with Gasteiger partial charge in [-0.05, 0) is 36.8 Å². The van der Waals surface area contributed by atoms with E-state index in [4.69, 9.17) is 28.6 Å². The zero-order valence-electron chi connectivity index (χ0n) is 9.81. The zero-order chi connectivity index (χ0) is 13.0. The van der Waals surface area contributed by atoms with Crippen molar-refractivity contribution in [2.24, 2.45) is 0 Å². The maximum absolute atomic E-state index is 6.10. The lowest BCUT2D eigenvalue weighted by Gasteiger charge is -2.09. The molecule has 7 heteroatoms. The van der Waals surface area contributed by atoms with Crippen molar-refractivity contribution in [3.05, 3.63) is 39.9 Å². The molecule has 0 saturated carbocycles. The molecule has 96 valence electrons. The highest BCUT2D eigenvalue weighted by atomic mass is 35.5. The summed E-state index contributed by atoms with van der Waals surface area (Å²) < 4.78 is 7.53. The van der Waals surface area contributed by atoms with Gasteiger partial charge in [0.05, 0.1) is 18.2 Å². The van der Waals surface area contributed by atoms with Crippen LogP contribution in [0.15, 0.2) is 24.5 Å². The molecule has 1 heterocycles. The molecule has 2 N–H and O–H groups in total. The summed E-state index contributed by atoms with van der Waals surface area (Å²) in [6.07, 6.45) is 1.58. The molecule has 0 aliphatic heterocycles. The van der Waals surface area contributed by atoms with Gasteiger partial charge in [-0.25, -0.2) is 4.68 Å². The van der Waals surface area contributed by atoms with E-state index in [9.17, 15) is 0 Å². The molecule has 5 nitrogen and oxygen atoms in total. The first-order valence-electron chi connectivity index (χ1n) is 5.48. The fourth-order valence-corrected chi connectivity index (χ4v) is 1.89. The minimum atomic E-state index is 0.520. The fraction of sp³-hybridized carbons (Fsp3) is 0.273. The predicted molar refractivity (Wildman–Crippen MR) is 73.1 cm³/mol. The first-order chi connectivity index (χ1) is 8.70. The average molecular weight is 285 g/mol. The Labute approximate surface area is 115 Å². The number of halogens is 1. The molecule has 0 atom stereocenters. The molecular formula is C11H13ClN4OS. The Balaban J connectivity index is 2.04. The number of aromatic nitrogens is 3. The molecule has 0 fully saturated rings. The number of hydrogen-bond donors (Lipinski definition) is 2. The Kier molecular flexibility index (Phi) is 4.22. The maximum Gasteiger partial charge on any atom is 0.214 e. The highest BCUT2D eigenvalue weighted by molar-refractivity contribution is 7.71. The van der Waals surface area contributed by atoms with E-state index in [0.29, 0.717) is 28.7 Å². The summed E-state index contributed by atoms with van der Waals surface area (Å²) in [5.74, 6) is 0.697. The van der Waals surface area contributed by atoms with Crippen molar-refractivity contribution >= 4 is 23.8 Å². The highest BCUT2D eigenvalue weighted by Crippen LogP contribution is 2.25. The van der Waals surface area contributed by atoms with Crippen LogP contribution in [-0.2, 0) is 6.54 Å². The molecule has 0 aliphatic rings. The van der Waals surface area contributed by atoms with Crippen LogP contribution in [0.3, 0.4) is 0 Å². The van der Waals surface area contributed by atoms with Crippen molar-refractivity contribution in [3.8, 4) is 5.75 Å². The monoisotopic (exact) mass is 284 g/mol. The third-order valence-corrected chi connectivity index (χ3v) is 2.89. The minimum Gasteiger partial charge on any atom is -0.492 e. The number of benzene rings is 1. The van der Waals surface area contributed by atoms with Crippen LogP contribution in [-0.4, -0.2) is 21.5 Å². The lowest BCUT2D eigenvalue weighted by Crippen LogP contribution is -2.13. The van der Waals surface area contributed by atoms with Crippen molar-refractivity contribution < 1.29 is 4.74 Å². The Morgan fingerprint density at radius 1 is 1.56 bits per heavy atom. The van der Waals surface area contributed by atoms with E-state index in [1.165, 1.54) is 0 Å². The lowest BCUT2D eigenvalue weighted by atomic mass is 10.2. The summed E-state index contributed by atoms with van der Waals surface area (Å²) in [6, 6.07) is 5.67. The molecule has 0 aliphatic carbocycles. The highest BCUT2D eigenvalue weighted by Gasteiger charge is 2.02. The van der Waals surface area contributed by atoms with Gasteiger partial charge in [-0.3, -0.25) is 5.10 Å². The fourth-order valence-electron chi connectivity index (χ4n) is 1.46. The van der Waals surface area contributed by atoms with Crippen LogP contribution in [0, 0.1) is 4.77 Å². The minimum absolute atomic E-state index is 0.520. The summed E-state index contributed by atoms with van der Waals surface area (Å²) >= 11 is 11.1. The first kappa shape index (κ1) is 12.9. The van der Waals surface area contributed by atoms with Gasteiger partial charge in [0.25, 0.3) is 0 Å².